The molecular formula is C20H15NO5. The van der Waals surface area contributed by atoms with Crippen molar-refractivity contribution in [2.45, 2.75) is 0 Å². The zero-order valence-electron chi connectivity index (χ0n) is 13.7. The van der Waals surface area contributed by atoms with Crippen LogP contribution in [-0.2, 0) is 9.53 Å². The Morgan fingerprint density at radius 3 is 2.38 bits per heavy atom. The number of aliphatic carboxylic acids is 1. The van der Waals surface area contributed by atoms with Crippen LogP contribution in [0.25, 0.3) is 11.8 Å². The van der Waals surface area contributed by atoms with E-state index in [1.807, 2.05) is 24.3 Å². The van der Waals surface area contributed by atoms with Gasteiger partial charge in [-0.3, -0.25) is 4.79 Å². The summed E-state index contributed by atoms with van der Waals surface area (Å²) in [6.07, 6.45) is 2.92. The highest BCUT2D eigenvalue weighted by Crippen LogP contribution is 2.11. The van der Waals surface area contributed by atoms with Gasteiger partial charge in [0.2, 0.25) is 0 Å². The second-order valence-corrected chi connectivity index (χ2v) is 5.49. The van der Waals surface area contributed by atoms with Crippen LogP contribution in [0.4, 0.5) is 4.79 Å². The van der Waals surface area contributed by atoms with Crippen LogP contribution in [0.2, 0.25) is 0 Å². The number of ether oxygens (including phenoxy) is 1. The molecule has 0 heterocycles. The van der Waals surface area contributed by atoms with E-state index in [9.17, 15) is 14.4 Å². The lowest BCUT2D eigenvalue weighted by molar-refractivity contribution is -0.131. The van der Waals surface area contributed by atoms with Crippen molar-refractivity contribution in [3.8, 4) is 0 Å². The topological polar surface area (TPSA) is 83.9 Å². The average Bonchev–Trinajstić information content (AvgIpc) is 2.63. The lowest BCUT2D eigenvalue weighted by Gasteiger charge is -2.20. The van der Waals surface area contributed by atoms with Gasteiger partial charge in [0.05, 0.1) is 6.54 Å². The number of hydrogen-bond donors (Lipinski definition) is 1. The summed E-state index contributed by atoms with van der Waals surface area (Å²) in [5, 5.41) is 10.4. The molecule has 0 saturated carbocycles. The molecule has 1 N–H and O–H groups in total. The first kappa shape index (κ1) is 17.2. The van der Waals surface area contributed by atoms with E-state index in [-0.39, 0.29) is 6.54 Å². The van der Waals surface area contributed by atoms with Crippen molar-refractivity contribution in [2.24, 2.45) is 0 Å². The largest absolute Gasteiger partial charge is 0.478 e. The maximum atomic E-state index is 12.6. The number of fused-ring (bicyclic) bond motifs is 1. The van der Waals surface area contributed by atoms with Gasteiger partial charge in [-0.1, -0.05) is 48.5 Å². The Bertz CT molecular complexity index is 1010. The summed E-state index contributed by atoms with van der Waals surface area (Å²) in [5.41, 5.74) is 0.302. The lowest BCUT2D eigenvalue weighted by atomic mass is 10.1. The molecule has 0 aromatic heterocycles. The van der Waals surface area contributed by atoms with Crippen LogP contribution in [-0.4, -0.2) is 34.5 Å². The van der Waals surface area contributed by atoms with Crippen LogP contribution < -0.4 is 10.4 Å². The smallest absolute Gasteiger partial charge is 0.422 e. The van der Waals surface area contributed by atoms with Crippen molar-refractivity contribution < 1.29 is 24.2 Å². The Morgan fingerprint density at radius 2 is 1.69 bits per heavy atom. The Labute approximate surface area is 148 Å². The molecule has 0 aliphatic heterocycles. The summed E-state index contributed by atoms with van der Waals surface area (Å²) in [5.74, 6) is -1.36. The maximum Gasteiger partial charge on any atom is 0.422 e. The van der Waals surface area contributed by atoms with Gasteiger partial charge in [-0.15, -0.1) is 0 Å². The van der Waals surface area contributed by atoms with E-state index in [0.717, 1.165) is 21.4 Å². The number of hydrogen-bond acceptors (Lipinski definition) is 4. The number of carbonyl (C=O) groups is 3. The lowest BCUT2D eigenvalue weighted by Crippen LogP contribution is -2.41. The van der Waals surface area contributed by atoms with E-state index in [0.29, 0.717) is 11.3 Å². The molecule has 2 amide bonds. The van der Waals surface area contributed by atoms with Gasteiger partial charge in [0, 0.05) is 16.9 Å². The Morgan fingerprint density at radius 1 is 1.00 bits per heavy atom. The second-order valence-electron chi connectivity index (χ2n) is 5.49. The second kappa shape index (κ2) is 7.48. The Hall–Kier alpha value is -3.67. The normalized spacial score (nSPS) is 11.9. The fourth-order valence-electron chi connectivity index (χ4n) is 2.46. The van der Waals surface area contributed by atoms with Crippen LogP contribution >= 0.6 is 0 Å². The maximum absolute atomic E-state index is 12.6. The number of carboxylic acids is 1. The number of rotatable bonds is 5. The van der Waals surface area contributed by atoms with E-state index in [4.69, 9.17) is 9.84 Å². The average molecular weight is 349 g/mol. The number of carboxylic acid groups (broad SMARTS) is 1. The van der Waals surface area contributed by atoms with Crippen molar-refractivity contribution in [2.75, 3.05) is 6.54 Å². The molecule has 6 heteroatoms. The molecule has 3 rings (SSSR count). The van der Waals surface area contributed by atoms with Gasteiger partial charge in [-0.2, -0.15) is 0 Å². The summed E-state index contributed by atoms with van der Waals surface area (Å²) >= 11 is 0. The van der Waals surface area contributed by atoms with E-state index in [2.05, 4.69) is 0 Å². The van der Waals surface area contributed by atoms with Crippen molar-refractivity contribution in [1.82, 2.24) is 4.90 Å². The molecule has 6 nitrogen and oxygen atoms in total. The zero-order valence-corrected chi connectivity index (χ0v) is 13.7. The number of carbonyl (C=O) groups excluding carboxylic acids is 2. The van der Waals surface area contributed by atoms with Crippen LogP contribution in [0, 0.1) is 0 Å². The van der Waals surface area contributed by atoms with E-state index in [1.165, 1.54) is 6.08 Å². The minimum Gasteiger partial charge on any atom is -0.478 e. The summed E-state index contributed by atoms with van der Waals surface area (Å²) in [7, 11) is 0. The summed E-state index contributed by atoms with van der Waals surface area (Å²) in [6, 6.07) is 15.6. The number of nitrogens with zero attached hydrogens (tertiary/aromatic N) is 1. The number of imide groups is 1. The molecule has 1 aliphatic rings. The van der Waals surface area contributed by atoms with Crippen molar-refractivity contribution in [3.05, 3.63) is 82.8 Å². The molecule has 0 spiro atoms. The van der Waals surface area contributed by atoms with Gasteiger partial charge in [0.1, 0.15) is 5.76 Å². The minimum atomic E-state index is -1.17. The molecule has 0 radical (unpaired) electrons. The number of amides is 2. The molecule has 2 aromatic rings. The van der Waals surface area contributed by atoms with Crippen LogP contribution in [0.15, 0.2) is 66.7 Å². The summed E-state index contributed by atoms with van der Waals surface area (Å²) in [6.45, 7) is -0.214. The summed E-state index contributed by atoms with van der Waals surface area (Å²) < 4.78 is 5.32. The predicted octanol–water partition coefficient (Wildman–Crippen LogP) is 1.51. The molecule has 26 heavy (non-hydrogen) atoms. The van der Waals surface area contributed by atoms with E-state index < -0.39 is 18.0 Å². The quantitative estimate of drug-likeness (QED) is 0.827. The van der Waals surface area contributed by atoms with Gasteiger partial charge in [0.15, 0.2) is 0 Å². The van der Waals surface area contributed by atoms with Crippen molar-refractivity contribution >= 4 is 29.8 Å². The van der Waals surface area contributed by atoms with Crippen LogP contribution in [0.3, 0.4) is 0 Å². The molecule has 2 aromatic carbocycles. The van der Waals surface area contributed by atoms with Crippen LogP contribution in [0.5, 0.6) is 0 Å². The van der Waals surface area contributed by atoms with Crippen LogP contribution in [0.1, 0.15) is 10.4 Å². The first-order valence-corrected chi connectivity index (χ1v) is 7.85. The highest BCUT2D eigenvalue weighted by atomic mass is 16.6. The van der Waals surface area contributed by atoms with Crippen molar-refractivity contribution in [3.63, 3.8) is 0 Å². The standard InChI is InChI=1S/C20H15NO5/c22-18(23)11-6-12-21(19(24)14-7-2-1-3-8-14)20(25)26-17-13-15-9-4-5-10-16(15)17/h1-11,13H,12H2,(H,22,23). The van der Waals surface area contributed by atoms with Gasteiger partial charge < -0.3 is 9.84 Å². The van der Waals surface area contributed by atoms with E-state index >= 15 is 0 Å². The molecule has 0 fully saturated rings. The first-order valence-electron chi connectivity index (χ1n) is 7.85. The van der Waals surface area contributed by atoms with Gasteiger partial charge in [-0.05, 0) is 23.4 Å². The van der Waals surface area contributed by atoms with Gasteiger partial charge >= 0.3 is 12.1 Å². The third kappa shape index (κ3) is 3.70. The summed E-state index contributed by atoms with van der Waals surface area (Å²) in [4.78, 5) is 36.6. The molecule has 130 valence electrons. The third-order valence-electron chi connectivity index (χ3n) is 3.74. The van der Waals surface area contributed by atoms with Crippen molar-refractivity contribution in [1.29, 1.82) is 0 Å². The molecule has 0 saturated heterocycles. The predicted molar refractivity (Wildman–Crippen MR) is 94.3 cm³/mol. The first-order chi connectivity index (χ1) is 12.6. The highest BCUT2D eigenvalue weighted by molar-refractivity contribution is 6.04. The van der Waals surface area contributed by atoms with E-state index in [1.54, 1.807) is 36.4 Å². The van der Waals surface area contributed by atoms with Gasteiger partial charge in [0.25, 0.3) is 5.91 Å². The fourth-order valence-corrected chi connectivity index (χ4v) is 2.46. The highest BCUT2D eigenvalue weighted by Gasteiger charge is 2.25. The minimum absolute atomic E-state index is 0.214. The molecule has 0 atom stereocenters. The third-order valence-corrected chi connectivity index (χ3v) is 3.74. The molecule has 0 bridgehead atoms. The monoisotopic (exact) mass is 349 g/mol. The molecule has 0 unspecified atom stereocenters. The number of benzene rings is 2. The van der Waals surface area contributed by atoms with Gasteiger partial charge in [-0.25, -0.2) is 14.5 Å². The molecular weight excluding hydrogens is 334 g/mol. The SMILES string of the molecule is O=C(O)C=CCN(C(=O)OC1=c2ccccc2=C1)C(=O)c1ccccc1. The zero-order chi connectivity index (χ0) is 18.5. The Balaban J connectivity index is 1.82. The Kier molecular flexibility index (Phi) is 4.94. The molecule has 1 aliphatic carbocycles. The fraction of sp³-hybridized carbons (Fsp3) is 0.0500.